The highest BCUT2D eigenvalue weighted by Crippen LogP contribution is 2.35. The van der Waals surface area contributed by atoms with Crippen molar-refractivity contribution in [3.05, 3.63) is 44.7 Å². The van der Waals surface area contributed by atoms with E-state index in [1.165, 1.54) is 11.6 Å². The zero-order valence-corrected chi connectivity index (χ0v) is 15.4. The van der Waals surface area contributed by atoms with E-state index in [1.54, 1.807) is 12.1 Å². The van der Waals surface area contributed by atoms with E-state index in [9.17, 15) is 8.42 Å². The summed E-state index contributed by atoms with van der Waals surface area (Å²) in [6.07, 6.45) is 3.28. The number of aryl methyl sites for hydroxylation is 1. The van der Waals surface area contributed by atoms with Crippen LogP contribution in [-0.2, 0) is 16.4 Å². The van der Waals surface area contributed by atoms with Gasteiger partial charge in [0.2, 0.25) is 0 Å². The number of rotatable bonds is 6. The predicted molar refractivity (Wildman–Crippen MR) is 92.9 cm³/mol. The quantitative estimate of drug-likeness (QED) is 0.704. The van der Waals surface area contributed by atoms with Crippen LogP contribution in [0, 0.1) is 0 Å². The Labute approximate surface area is 142 Å². The Bertz CT molecular complexity index is 692. The summed E-state index contributed by atoms with van der Waals surface area (Å²) in [7, 11) is -3.59. The molecule has 1 aromatic carbocycles. The van der Waals surface area contributed by atoms with Crippen LogP contribution in [0.15, 0.2) is 38.3 Å². The molecule has 0 radical (unpaired) electrons. The van der Waals surface area contributed by atoms with Crippen LogP contribution in [-0.4, -0.2) is 8.42 Å². The minimum absolute atomic E-state index is 0.189. The summed E-state index contributed by atoms with van der Waals surface area (Å²) in [5, 5.41) is 0.398. The molecule has 2 rings (SSSR count). The van der Waals surface area contributed by atoms with Crippen molar-refractivity contribution >= 4 is 54.6 Å². The maximum absolute atomic E-state index is 12.2. The summed E-state index contributed by atoms with van der Waals surface area (Å²) in [6.45, 7) is 2.15. The third-order valence-corrected chi connectivity index (χ3v) is 7.24. The number of halogens is 2. The van der Waals surface area contributed by atoms with Crippen LogP contribution >= 0.6 is 38.9 Å². The fraction of sp³-hybridized carbons (Fsp3) is 0.286. The summed E-state index contributed by atoms with van der Waals surface area (Å²) in [6, 6.07) is 8.91. The van der Waals surface area contributed by atoms with Gasteiger partial charge in [0.05, 0.1) is 8.81 Å². The second-order valence-corrected chi connectivity index (χ2v) is 9.28. The van der Waals surface area contributed by atoms with Crippen LogP contribution in [0.2, 0.25) is 5.02 Å². The number of benzene rings is 1. The average Bonchev–Trinajstić information content (AvgIpc) is 2.78. The number of sulfonamides is 1. The van der Waals surface area contributed by atoms with Crippen molar-refractivity contribution in [2.75, 3.05) is 4.72 Å². The molecule has 1 heterocycles. The number of hydrogen-bond donors (Lipinski definition) is 1. The van der Waals surface area contributed by atoms with E-state index in [0.717, 1.165) is 30.6 Å². The van der Waals surface area contributed by atoms with Gasteiger partial charge in [-0.2, -0.15) is 0 Å². The molecular weight excluding hydrogens is 394 g/mol. The maximum atomic E-state index is 12.2. The lowest BCUT2D eigenvalue weighted by molar-refractivity contribution is 0.603. The fourth-order valence-corrected chi connectivity index (χ4v) is 5.24. The standard InChI is InChI=1S/C14H15BrClNO2S2/c1-2-3-4-10-5-7-11(8-6-10)17-21(18,19)13-9-12(16)14(15)20-13/h5-9,17H,2-4H2,1H3. The molecule has 0 saturated heterocycles. The lowest BCUT2D eigenvalue weighted by atomic mass is 10.1. The molecule has 0 unspecified atom stereocenters. The zero-order chi connectivity index (χ0) is 15.5. The molecule has 2 aromatic rings. The van der Waals surface area contributed by atoms with Gasteiger partial charge in [0.25, 0.3) is 10.0 Å². The lowest BCUT2D eigenvalue weighted by Crippen LogP contribution is -2.11. The second kappa shape index (κ2) is 7.13. The highest BCUT2D eigenvalue weighted by molar-refractivity contribution is 9.11. The molecule has 0 aliphatic heterocycles. The molecule has 1 N–H and O–H groups in total. The lowest BCUT2D eigenvalue weighted by Gasteiger charge is -2.07. The molecule has 0 fully saturated rings. The van der Waals surface area contributed by atoms with Gasteiger partial charge in [-0.3, -0.25) is 4.72 Å². The van der Waals surface area contributed by atoms with E-state index in [1.807, 2.05) is 12.1 Å². The first-order valence-electron chi connectivity index (χ1n) is 6.49. The highest BCUT2D eigenvalue weighted by Gasteiger charge is 2.19. The van der Waals surface area contributed by atoms with Gasteiger partial charge in [0.15, 0.2) is 0 Å². The van der Waals surface area contributed by atoms with E-state index in [2.05, 4.69) is 27.6 Å². The number of thiophene rings is 1. The minimum atomic E-state index is -3.59. The third kappa shape index (κ3) is 4.45. The smallest absolute Gasteiger partial charge is 0.271 e. The molecule has 21 heavy (non-hydrogen) atoms. The first-order valence-corrected chi connectivity index (χ1v) is 9.96. The largest absolute Gasteiger partial charge is 0.279 e. The molecule has 0 saturated carbocycles. The molecule has 0 aliphatic carbocycles. The van der Waals surface area contributed by atoms with E-state index in [-0.39, 0.29) is 4.21 Å². The van der Waals surface area contributed by atoms with Crippen LogP contribution < -0.4 is 4.72 Å². The molecule has 0 aliphatic rings. The van der Waals surface area contributed by atoms with Crippen LogP contribution in [0.25, 0.3) is 0 Å². The van der Waals surface area contributed by atoms with Crippen LogP contribution in [0.1, 0.15) is 25.3 Å². The van der Waals surface area contributed by atoms with Crippen LogP contribution in [0.4, 0.5) is 5.69 Å². The summed E-state index contributed by atoms with van der Waals surface area (Å²) in [5.74, 6) is 0. The highest BCUT2D eigenvalue weighted by atomic mass is 79.9. The Balaban J connectivity index is 2.13. The van der Waals surface area contributed by atoms with Gasteiger partial charge < -0.3 is 0 Å². The van der Waals surface area contributed by atoms with Gasteiger partial charge in [-0.05, 0) is 52.5 Å². The average molecular weight is 409 g/mol. The normalized spacial score (nSPS) is 11.6. The maximum Gasteiger partial charge on any atom is 0.271 e. The first kappa shape index (κ1) is 16.8. The molecular formula is C14H15BrClNO2S2. The minimum Gasteiger partial charge on any atom is -0.279 e. The van der Waals surface area contributed by atoms with Crippen molar-refractivity contribution in [1.82, 2.24) is 0 Å². The Morgan fingerprint density at radius 2 is 1.95 bits per heavy atom. The zero-order valence-electron chi connectivity index (χ0n) is 11.4. The summed E-state index contributed by atoms with van der Waals surface area (Å²) in [4.78, 5) is 0. The molecule has 0 atom stereocenters. The molecule has 3 nitrogen and oxygen atoms in total. The predicted octanol–water partition coefficient (Wildman–Crippen LogP) is 5.31. The Morgan fingerprint density at radius 3 is 2.48 bits per heavy atom. The summed E-state index contributed by atoms with van der Waals surface area (Å²) in [5.41, 5.74) is 1.76. The SMILES string of the molecule is CCCCc1ccc(NS(=O)(=O)c2cc(Cl)c(Br)s2)cc1. The molecule has 1 aromatic heterocycles. The van der Waals surface area contributed by atoms with Gasteiger partial charge in [-0.1, -0.05) is 37.1 Å². The van der Waals surface area contributed by atoms with Crippen molar-refractivity contribution in [3.8, 4) is 0 Å². The summed E-state index contributed by atoms with van der Waals surface area (Å²) >= 11 is 10.2. The van der Waals surface area contributed by atoms with Crippen LogP contribution in [0.5, 0.6) is 0 Å². The summed E-state index contributed by atoms with van der Waals surface area (Å²) < 4.78 is 27.8. The molecule has 0 spiro atoms. The Kier molecular flexibility index (Phi) is 5.71. The van der Waals surface area contributed by atoms with Crippen molar-refractivity contribution < 1.29 is 8.42 Å². The Morgan fingerprint density at radius 1 is 1.29 bits per heavy atom. The number of anilines is 1. The number of hydrogen-bond acceptors (Lipinski definition) is 3. The van der Waals surface area contributed by atoms with Crippen molar-refractivity contribution in [2.24, 2.45) is 0 Å². The topological polar surface area (TPSA) is 46.2 Å². The van der Waals surface area contributed by atoms with Gasteiger partial charge in [0, 0.05) is 5.69 Å². The van der Waals surface area contributed by atoms with Crippen molar-refractivity contribution in [2.45, 2.75) is 30.4 Å². The number of nitrogens with one attached hydrogen (secondary N) is 1. The molecule has 7 heteroatoms. The fourth-order valence-electron chi connectivity index (χ4n) is 1.78. The molecule has 0 bridgehead atoms. The monoisotopic (exact) mass is 407 g/mol. The molecule has 0 amide bonds. The van der Waals surface area contributed by atoms with E-state index < -0.39 is 10.0 Å². The number of unbranched alkanes of at least 4 members (excludes halogenated alkanes) is 1. The van der Waals surface area contributed by atoms with Crippen molar-refractivity contribution in [3.63, 3.8) is 0 Å². The van der Waals surface area contributed by atoms with E-state index in [4.69, 9.17) is 11.6 Å². The van der Waals surface area contributed by atoms with E-state index >= 15 is 0 Å². The second-order valence-electron chi connectivity index (χ2n) is 4.59. The van der Waals surface area contributed by atoms with E-state index in [0.29, 0.717) is 14.5 Å². The van der Waals surface area contributed by atoms with Crippen LogP contribution in [0.3, 0.4) is 0 Å². The first-order chi connectivity index (χ1) is 9.92. The molecule has 114 valence electrons. The third-order valence-electron chi connectivity index (χ3n) is 2.91. The Hall–Kier alpha value is -0.560. The van der Waals surface area contributed by atoms with Gasteiger partial charge in [-0.15, -0.1) is 11.3 Å². The van der Waals surface area contributed by atoms with Crippen molar-refractivity contribution in [1.29, 1.82) is 0 Å². The van der Waals surface area contributed by atoms with Gasteiger partial charge in [-0.25, -0.2) is 8.42 Å². The van der Waals surface area contributed by atoms with Gasteiger partial charge in [0.1, 0.15) is 4.21 Å². The van der Waals surface area contributed by atoms with Gasteiger partial charge >= 0.3 is 0 Å².